The molecule has 0 aliphatic heterocycles. The Morgan fingerprint density at radius 3 is 2.44 bits per heavy atom. The molecule has 0 fully saturated rings. The summed E-state index contributed by atoms with van der Waals surface area (Å²) in [6.07, 6.45) is 0.398. The Kier molecular flexibility index (Phi) is 5.06. The van der Waals surface area contributed by atoms with Crippen molar-refractivity contribution in [2.45, 2.75) is 12.5 Å². The molecule has 3 nitrogen and oxygen atoms in total. The molecule has 1 rings (SSSR count). The average molecular weight is 235 g/mol. The maximum atomic E-state index is 11.4. The summed E-state index contributed by atoms with van der Waals surface area (Å²) in [6, 6.07) is 8.69. The number of alkyl halides is 1. The van der Waals surface area contributed by atoms with E-state index in [1.165, 1.54) is 0 Å². The van der Waals surface area contributed by atoms with Gasteiger partial charge in [0.2, 0.25) is 7.85 Å². The number of nitrogens with one attached hydrogen (secondary N) is 1. The smallest absolute Gasteiger partial charge is 0.200 e. The van der Waals surface area contributed by atoms with Crippen LogP contribution in [0, 0.1) is 0 Å². The molecule has 1 aromatic carbocycles. The predicted molar refractivity (Wildman–Crippen MR) is 63.9 cm³/mol. The van der Waals surface area contributed by atoms with Crippen LogP contribution in [0.5, 0.6) is 0 Å². The molecule has 2 radical (unpaired) electrons. The molecule has 0 spiro atoms. The monoisotopic (exact) mass is 235 g/mol. The summed E-state index contributed by atoms with van der Waals surface area (Å²) in [4.78, 5) is 22.2. The molecule has 5 heteroatoms. The maximum absolute atomic E-state index is 11.4. The molecule has 0 aliphatic rings. The molecule has 0 bridgehead atoms. The highest BCUT2D eigenvalue weighted by atomic mass is 35.5. The maximum Gasteiger partial charge on any atom is 0.200 e. The topological polar surface area (TPSA) is 46.2 Å². The van der Waals surface area contributed by atoms with Gasteiger partial charge in [0.1, 0.15) is 0 Å². The minimum atomic E-state index is -0.723. The van der Waals surface area contributed by atoms with Gasteiger partial charge in [-0.3, -0.25) is 9.59 Å². The highest BCUT2D eigenvalue weighted by Gasteiger charge is 2.18. The van der Waals surface area contributed by atoms with Crippen molar-refractivity contribution in [3.63, 3.8) is 0 Å². The lowest BCUT2D eigenvalue weighted by atomic mass is 10.0. The highest BCUT2D eigenvalue weighted by molar-refractivity contribution is 6.57. The summed E-state index contributed by atoms with van der Waals surface area (Å²) in [7, 11) is 4.99. The van der Waals surface area contributed by atoms with Gasteiger partial charge in [0.25, 0.3) is 0 Å². The summed E-state index contributed by atoms with van der Waals surface area (Å²) >= 11 is 5.45. The molecule has 82 valence electrons. The van der Waals surface area contributed by atoms with E-state index in [0.717, 1.165) is 5.56 Å². The standard InChI is InChI=1S/C11H11BClNO2/c12-11(16)14-9(10(15)7-13)6-8-4-2-1-3-5-8/h1-5,9H,6-7H2,(H,14,16). The Hall–Kier alpha value is -1.29. The van der Waals surface area contributed by atoms with Crippen molar-refractivity contribution in [3.05, 3.63) is 35.9 Å². The van der Waals surface area contributed by atoms with Gasteiger partial charge in [0, 0.05) is 0 Å². The van der Waals surface area contributed by atoms with Crippen molar-refractivity contribution >= 4 is 31.0 Å². The second-order valence-corrected chi connectivity index (χ2v) is 3.62. The van der Waals surface area contributed by atoms with Crippen molar-refractivity contribution in [3.8, 4) is 0 Å². The molecule has 0 saturated heterocycles. The number of rotatable bonds is 5. The molecule has 1 unspecified atom stereocenters. The van der Waals surface area contributed by atoms with E-state index in [1.807, 2.05) is 30.3 Å². The number of hydrogen-bond donors (Lipinski definition) is 1. The quantitative estimate of drug-likeness (QED) is 0.617. The molecule has 0 aromatic heterocycles. The normalized spacial score (nSPS) is 11.8. The number of benzene rings is 1. The zero-order chi connectivity index (χ0) is 12.0. The number of hydrogen-bond acceptors (Lipinski definition) is 2. The van der Waals surface area contributed by atoms with Crippen LogP contribution in [0.15, 0.2) is 30.3 Å². The van der Waals surface area contributed by atoms with Crippen LogP contribution in [-0.4, -0.2) is 31.4 Å². The van der Waals surface area contributed by atoms with E-state index in [1.54, 1.807) is 0 Å². The van der Waals surface area contributed by atoms with Crippen molar-refractivity contribution in [1.82, 2.24) is 5.32 Å². The van der Waals surface area contributed by atoms with Crippen LogP contribution in [0.2, 0.25) is 0 Å². The summed E-state index contributed by atoms with van der Waals surface area (Å²) in [5.41, 5.74) is 0.944. The first-order valence-electron chi connectivity index (χ1n) is 4.82. The van der Waals surface area contributed by atoms with Gasteiger partial charge in [0.15, 0.2) is 11.6 Å². The number of ketones is 1. The molecule has 1 amide bonds. The number of Topliss-reactive ketones (excluding diaryl/α,β-unsaturated/α-hetero) is 1. The molecule has 1 aromatic rings. The van der Waals surface area contributed by atoms with Crippen molar-refractivity contribution < 1.29 is 9.59 Å². The zero-order valence-electron chi connectivity index (χ0n) is 8.65. The molecular formula is C11H11BClNO2. The lowest BCUT2D eigenvalue weighted by Gasteiger charge is -2.15. The van der Waals surface area contributed by atoms with Gasteiger partial charge >= 0.3 is 0 Å². The molecule has 0 heterocycles. The predicted octanol–water partition coefficient (Wildman–Crippen LogP) is 1.28. The van der Waals surface area contributed by atoms with Gasteiger partial charge in [-0.1, -0.05) is 30.3 Å². The summed E-state index contributed by atoms with van der Waals surface area (Å²) in [5, 5.41) is 2.38. The molecule has 1 atom stereocenters. The van der Waals surface area contributed by atoms with Gasteiger partial charge < -0.3 is 5.32 Å². The Bertz CT molecular complexity index is 370. The average Bonchev–Trinajstić information content (AvgIpc) is 2.28. The molecule has 16 heavy (non-hydrogen) atoms. The van der Waals surface area contributed by atoms with Crippen LogP contribution >= 0.6 is 11.6 Å². The second kappa shape index (κ2) is 6.33. The van der Waals surface area contributed by atoms with E-state index in [9.17, 15) is 9.59 Å². The van der Waals surface area contributed by atoms with Crippen molar-refractivity contribution in [2.75, 3.05) is 5.88 Å². The fraction of sp³-hybridized carbons (Fsp3) is 0.273. The molecule has 0 saturated carbocycles. The van der Waals surface area contributed by atoms with E-state index >= 15 is 0 Å². The van der Waals surface area contributed by atoms with Crippen molar-refractivity contribution in [2.24, 2.45) is 0 Å². The first-order valence-corrected chi connectivity index (χ1v) is 5.35. The van der Waals surface area contributed by atoms with Crippen LogP contribution in [0.25, 0.3) is 0 Å². The highest BCUT2D eigenvalue weighted by Crippen LogP contribution is 2.04. The summed E-state index contributed by atoms with van der Waals surface area (Å²) in [5.74, 6) is -1.11. The van der Waals surface area contributed by atoms with E-state index in [2.05, 4.69) is 5.32 Å². The van der Waals surface area contributed by atoms with E-state index in [-0.39, 0.29) is 11.7 Å². The second-order valence-electron chi connectivity index (χ2n) is 3.35. The minimum absolute atomic E-state index is 0.141. The first-order chi connectivity index (χ1) is 7.63. The molecule has 0 aliphatic carbocycles. The number of halogens is 1. The molecular weight excluding hydrogens is 224 g/mol. The van der Waals surface area contributed by atoms with Crippen molar-refractivity contribution in [1.29, 1.82) is 0 Å². The van der Waals surface area contributed by atoms with Crippen LogP contribution in [0.1, 0.15) is 5.56 Å². The third-order valence-corrected chi connectivity index (χ3v) is 2.38. The van der Waals surface area contributed by atoms with E-state index in [0.29, 0.717) is 6.42 Å². The number of carbonyl (C=O) groups is 2. The van der Waals surface area contributed by atoms with Crippen LogP contribution in [0.4, 0.5) is 4.79 Å². The molecule has 1 N–H and O–H groups in total. The van der Waals surface area contributed by atoms with Crippen LogP contribution < -0.4 is 5.32 Å². The third-order valence-electron chi connectivity index (χ3n) is 2.12. The number of carbonyl (C=O) groups excluding carboxylic acids is 2. The van der Waals surface area contributed by atoms with Gasteiger partial charge in [-0.05, 0) is 12.0 Å². The largest absolute Gasteiger partial charge is 0.356 e. The lowest BCUT2D eigenvalue weighted by Crippen LogP contribution is -2.42. The number of amides is 1. The Morgan fingerprint density at radius 2 is 1.94 bits per heavy atom. The van der Waals surface area contributed by atoms with Gasteiger partial charge in [-0.2, -0.15) is 0 Å². The fourth-order valence-electron chi connectivity index (χ4n) is 1.36. The van der Waals surface area contributed by atoms with E-state index in [4.69, 9.17) is 19.4 Å². The van der Waals surface area contributed by atoms with E-state index < -0.39 is 11.8 Å². The third kappa shape index (κ3) is 4.07. The summed E-state index contributed by atoms with van der Waals surface area (Å²) in [6.45, 7) is 0. The Labute approximate surface area is 101 Å². The minimum Gasteiger partial charge on any atom is -0.356 e. The lowest BCUT2D eigenvalue weighted by molar-refractivity contribution is -0.118. The summed E-state index contributed by atoms with van der Waals surface area (Å²) < 4.78 is 0. The van der Waals surface area contributed by atoms with Crippen LogP contribution in [0.3, 0.4) is 0 Å². The van der Waals surface area contributed by atoms with Gasteiger partial charge in [-0.15, -0.1) is 11.6 Å². The SMILES string of the molecule is [B]C(=O)NC(Cc1ccccc1)C(=O)CCl. The first kappa shape index (κ1) is 12.8. The van der Waals surface area contributed by atoms with Gasteiger partial charge in [-0.25, -0.2) is 0 Å². The van der Waals surface area contributed by atoms with Crippen LogP contribution in [-0.2, 0) is 11.2 Å². The Balaban J connectivity index is 2.70. The fourth-order valence-corrected chi connectivity index (χ4v) is 1.55. The Morgan fingerprint density at radius 1 is 1.31 bits per heavy atom. The zero-order valence-corrected chi connectivity index (χ0v) is 9.41. The van der Waals surface area contributed by atoms with Gasteiger partial charge in [0.05, 0.1) is 11.9 Å².